The van der Waals surface area contributed by atoms with E-state index in [-0.39, 0.29) is 11.3 Å². The fourth-order valence-corrected chi connectivity index (χ4v) is 3.38. The molecule has 5 nitrogen and oxygen atoms in total. The lowest BCUT2D eigenvalue weighted by molar-refractivity contribution is -0.142. The maximum Gasteiger partial charge on any atom is 0.219 e. The minimum atomic E-state index is 0.140. The van der Waals surface area contributed by atoms with Gasteiger partial charge in [0.1, 0.15) is 0 Å². The van der Waals surface area contributed by atoms with Gasteiger partial charge in [0.15, 0.2) is 0 Å². The van der Waals surface area contributed by atoms with Crippen LogP contribution in [0.3, 0.4) is 0 Å². The van der Waals surface area contributed by atoms with Crippen LogP contribution >= 0.6 is 11.6 Å². The van der Waals surface area contributed by atoms with Crippen molar-refractivity contribution in [3.8, 4) is 0 Å². The average Bonchev–Trinajstić information content (AvgIpc) is 2.24. The first-order chi connectivity index (χ1) is 9.44. The Labute approximate surface area is 122 Å². The number of hydrogen-bond donors (Lipinski definition) is 2. The Morgan fingerprint density at radius 3 is 2.60 bits per heavy atom. The molecule has 2 aliphatic rings. The molecule has 2 aliphatic heterocycles. The number of halogens is 1. The van der Waals surface area contributed by atoms with E-state index in [2.05, 4.69) is 4.90 Å². The molecule has 1 aromatic rings. The number of anilines is 2. The van der Waals surface area contributed by atoms with Gasteiger partial charge in [-0.15, -0.1) is 0 Å². The highest BCUT2D eigenvalue weighted by molar-refractivity contribution is 6.31. The topological polar surface area (TPSA) is 73.4 Å². The average molecular weight is 293 g/mol. The van der Waals surface area contributed by atoms with Crippen molar-refractivity contribution in [1.29, 1.82) is 5.41 Å². The summed E-state index contributed by atoms with van der Waals surface area (Å²) in [6.07, 6.45) is 1.27. The van der Waals surface area contributed by atoms with Crippen LogP contribution in [0.1, 0.15) is 12.5 Å². The molecule has 0 atom stereocenters. The lowest BCUT2D eigenvalue weighted by Crippen LogP contribution is -2.73. The first kappa shape index (κ1) is 13.2. The zero-order valence-electron chi connectivity index (χ0n) is 11.3. The molecule has 106 valence electrons. The van der Waals surface area contributed by atoms with Crippen LogP contribution in [0.4, 0.5) is 11.4 Å². The molecule has 3 rings (SSSR count). The first-order valence-corrected chi connectivity index (χ1v) is 6.92. The van der Waals surface area contributed by atoms with Crippen molar-refractivity contribution in [2.24, 2.45) is 5.41 Å². The second kappa shape index (κ2) is 4.38. The van der Waals surface area contributed by atoms with Gasteiger partial charge in [-0.3, -0.25) is 4.79 Å². The molecule has 3 N–H and O–H groups in total. The molecular weight excluding hydrogens is 276 g/mol. The molecule has 0 unspecified atom stereocenters. The maximum atomic E-state index is 11.2. The molecule has 2 fully saturated rings. The van der Waals surface area contributed by atoms with E-state index in [1.54, 1.807) is 13.0 Å². The molecule has 1 amide bonds. The molecule has 0 radical (unpaired) electrons. The zero-order valence-corrected chi connectivity index (χ0v) is 12.1. The van der Waals surface area contributed by atoms with Crippen LogP contribution in [0.5, 0.6) is 0 Å². The van der Waals surface area contributed by atoms with E-state index in [1.807, 2.05) is 11.0 Å². The zero-order chi connectivity index (χ0) is 14.5. The molecule has 1 spiro atoms. The number of carbonyl (C=O) groups is 1. The Hall–Kier alpha value is -1.75. The SMILES string of the molecule is CC(=O)N1CC2(C1)CN(c1cc(Cl)cc(N)c1C=N)C2. The number of benzene rings is 1. The van der Waals surface area contributed by atoms with E-state index in [4.69, 9.17) is 22.7 Å². The Bertz CT molecular complexity index is 587. The molecule has 20 heavy (non-hydrogen) atoms. The normalized spacial score (nSPS) is 19.5. The van der Waals surface area contributed by atoms with Gasteiger partial charge in [0.2, 0.25) is 5.91 Å². The van der Waals surface area contributed by atoms with Crippen LogP contribution < -0.4 is 10.6 Å². The molecule has 1 aromatic carbocycles. The summed E-state index contributed by atoms with van der Waals surface area (Å²) in [6.45, 7) is 5.03. The third-order valence-corrected chi connectivity index (χ3v) is 4.41. The van der Waals surface area contributed by atoms with Gasteiger partial charge in [-0.2, -0.15) is 0 Å². The van der Waals surface area contributed by atoms with Crippen LogP contribution in [-0.2, 0) is 4.79 Å². The summed E-state index contributed by atoms with van der Waals surface area (Å²) in [4.78, 5) is 15.3. The fraction of sp³-hybridized carbons (Fsp3) is 0.429. The van der Waals surface area contributed by atoms with E-state index in [9.17, 15) is 4.79 Å². The van der Waals surface area contributed by atoms with Crippen LogP contribution in [0.15, 0.2) is 12.1 Å². The van der Waals surface area contributed by atoms with E-state index in [0.29, 0.717) is 16.3 Å². The lowest BCUT2D eigenvalue weighted by atomic mass is 9.72. The Morgan fingerprint density at radius 2 is 2.05 bits per heavy atom. The van der Waals surface area contributed by atoms with Crippen molar-refractivity contribution in [1.82, 2.24) is 4.90 Å². The van der Waals surface area contributed by atoms with Crippen LogP contribution in [0.2, 0.25) is 5.02 Å². The second-order valence-corrected chi connectivity index (χ2v) is 6.24. The molecular formula is C14H17ClN4O. The molecule has 0 aromatic heterocycles. The van der Waals surface area contributed by atoms with Gasteiger partial charge in [0, 0.05) is 66.7 Å². The predicted octanol–water partition coefficient (Wildman–Crippen LogP) is 1.59. The highest BCUT2D eigenvalue weighted by Gasteiger charge is 2.52. The van der Waals surface area contributed by atoms with Gasteiger partial charge in [-0.05, 0) is 12.1 Å². The molecule has 2 heterocycles. The summed E-state index contributed by atoms with van der Waals surface area (Å²) in [7, 11) is 0. The van der Waals surface area contributed by atoms with E-state index < -0.39 is 0 Å². The van der Waals surface area contributed by atoms with Gasteiger partial charge >= 0.3 is 0 Å². The summed E-state index contributed by atoms with van der Waals surface area (Å²) < 4.78 is 0. The number of amides is 1. The highest BCUT2D eigenvalue weighted by Crippen LogP contribution is 2.43. The van der Waals surface area contributed by atoms with Gasteiger partial charge in [0.05, 0.1) is 0 Å². The number of nitrogens with zero attached hydrogens (tertiary/aromatic N) is 2. The lowest BCUT2D eigenvalue weighted by Gasteiger charge is -2.61. The maximum absolute atomic E-state index is 11.2. The summed E-state index contributed by atoms with van der Waals surface area (Å²) in [5.41, 5.74) is 8.29. The number of nitrogens with one attached hydrogen (secondary N) is 1. The smallest absolute Gasteiger partial charge is 0.219 e. The Morgan fingerprint density at radius 1 is 1.40 bits per heavy atom. The van der Waals surface area contributed by atoms with Crippen LogP contribution in [-0.4, -0.2) is 43.2 Å². The van der Waals surface area contributed by atoms with Crippen LogP contribution in [0, 0.1) is 10.8 Å². The summed E-state index contributed by atoms with van der Waals surface area (Å²) in [5.74, 6) is 0.140. The number of hydrogen-bond acceptors (Lipinski definition) is 4. The summed E-state index contributed by atoms with van der Waals surface area (Å²) in [5, 5.41) is 8.09. The van der Waals surface area contributed by atoms with Crippen molar-refractivity contribution in [3.63, 3.8) is 0 Å². The Balaban J connectivity index is 1.75. The van der Waals surface area contributed by atoms with Gasteiger partial charge in [0.25, 0.3) is 0 Å². The quantitative estimate of drug-likeness (QED) is 0.642. The molecule has 6 heteroatoms. The number of rotatable bonds is 2. The number of nitrogens with two attached hydrogens (primary N) is 1. The third kappa shape index (κ3) is 1.93. The van der Waals surface area contributed by atoms with E-state index in [1.165, 1.54) is 6.21 Å². The number of nitrogen functional groups attached to an aromatic ring is 1. The standard InChI is InChI=1S/C14H17ClN4O/c1-9(20)18-5-14(6-18)7-19(8-14)13-3-10(15)2-12(17)11(13)4-16/h2-4,16H,5-8,17H2,1H3. The molecule has 0 saturated carbocycles. The minimum absolute atomic E-state index is 0.140. The number of carbonyl (C=O) groups excluding carboxylic acids is 1. The van der Waals surface area contributed by atoms with E-state index in [0.717, 1.165) is 31.9 Å². The van der Waals surface area contributed by atoms with Crippen LogP contribution in [0.25, 0.3) is 0 Å². The monoisotopic (exact) mass is 292 g/mol. The van der Waals surface area contributed by atoms with Gasteiger partial charge in [-0.25, -0.2) is 0 Å². The van der Waals surface area contributed by atoms with Crippen molar-refractivity contribution < 1.29 is 4.79 Å². The molecule has 0 aliphatic carbocycles. The van der Waals surface area contributed by atoms with Gasteiger partial charge < -0.3 is 20.9 Å². The highest BCUT2D eigenvalue weighted by atomic mass is 35.5. The van der Waals surface area contributed by atoms with Crippen molar-refractivity contribution in [2.45, 2.75) is 6.92 Å². The minimum Gasteiger partial charge on any atom is -0.398 e. The second-order valence-electron chi connectivity index (χ2n) is 5.80. The largest absolute Gasteiger partial charge is 0.398 e. The summed E-state index contributed by atoms with van der Waals surface area (Å²) in [6, 6.07) is 3.52. The summed E-state index contributed by atoms with van der Waals surface area (Å²) >= 11 is 6.05. The first-order valence-electron chi connectivity index (χ1n) is 6.54. The molecule has 2 saturated heterocycles. The number of likely N-dealkylation sites (tertiary alicyclic amines) is 1. The fourth-order valence-electron chi connectivity index (χ4n) is 3.16. The van der Waals surface area contributed by atoms with E-state index >= 15 is 0 Å². The third-order valence-electron chi connectivity index (χ3n) is 4.19. The van der Waals surface area contributed by atoms with Gasteiger partial charge in [-0.1, -0.05) is 11.6 Å². The van der Waals surface area contributed by atoms with Crippen molar-refractivity contribution in [3.05, 3.63) is 22.7 Å². The van der Waals surface area contributed by atoms with Crippen molar-refractivity contribution in [2.75, 3.05) is 36.8 Å². The molecule has 0 bridgehead atoms. The Kier molecular flexibility index (Phi) is 2.90. The van der Waals surface area contributed by atoms with Crippen molar-refractivity contribution >= 4 is 35.1 Å². The predicted molar refractivity (Wildman–Crippen MR) is 80.7 cm³/mol.